The lowest BCUT2D eigenvalue weighted by Crippen LogP contribution is -2.06. The summed E-state index contributed by atoms with van der Waals surface area (Å²) in [7, 11) is 0. The van der Waals surface area contributed by atoms with E-state index in [9.17, 15) is 4.79 Å². The molecule has 0 aliphatic carbocycles. The van der Waals surface area contributed by atoms with Gasteiger partial charge in [-0.05, 0) is 6.07 Å². The summed E-state index contributed by atoms with van der Waals surface area (Å²) in [5, 5.41) is 6.15. The fraction of sp³-hybridized carbons (Fsp3) is 0.0909. The number of carbonyl (C=O) groups excluding carboxylic acids is 1. The maximum atomic E-state index is 11.6. The maximum absolute atomic E-state index is 11.6. The van der Waals surface area contributed by atoms with Crippen LogP contribution in [0, 0.1) is 0 Å². The fourth-order valence-electron chi connectivity index (χ4n) is 1.28. The number of H-pyrrole nitrogens is 1. The minimum absolute atomic E-state index is 0.194. The van der Waals surface area contributed by atoms with Crippen LogP contribution in [0.4, 0.5) is 5.82 Å². The van der Waals surface area contributed by atoms with Gasteiger partial charge in [0.15, 0.2) is 0 Å². The quantitative estimate of drug-likeness (QED) is 0.850. The molecule has 0 spiro atoms. The van der Waals surface area contributed by atoms with Crippen molar-refractivity contribution in [2.24, 2.45) is 0 Å². The number of nitrogens with zero attached hydrogens (tertiary/aromatic N) is 1. The predicted molar refractivity (Wildman–Crippen MR) is 66.3 cm³/mol. The Morgan fingerprint density at radius 1 is 1.47 bits per heavy atom. The second-order valence-electron chi connectivity index (χ2n) is 3.37. The molecular weight excluding hydrogens is 286 g/mol. The van der Waals surface area contributed by atoms with Crippen LogP contribution in [0.3, 0.4) is 0 Å². The SMILES string of the molecule is Nc1cc(C(=O)OCc2ccccc2Br)[nH]n1. The second kappa shape index (κ2) is 5.01. The third kappa shape index (κ3) is 2.85. The number of hydrogen-bond acceptors (Lipinski definition) is 4. The van der Waals surface area contributed by atoms with Crippen LogP contribution in [0.15, 0.2) is 34.8 Å². The zero-order valence-electron chi connectivity index (χ0n) is 8.81. The molecule has 6 heteroatoms. The van der Waals surface area contributed by atoms with E-state index >= 15 is 0 Å². The molecule has 0 unspecified atom stereocenters. The number of carbonyl (C=O) groups is 1. The van der Waals surface area contributed by atoms with Crippen molar-refractivity contribution < 1.29 is 9.53 Å². The summed E-state index contributed by atoms with van der Waals surface area (Å²) in [6, 6.07) is 8.96. The number of ether oxygens (including phenoxy) is 1. The van der Waals surface area contributed by atoms with Crippen LogP contribution in [0.2, 0.25) is 0 Å². The van der Waals surface area contributed by atoms with Crippen molar-refractivity contribution in [2.75, 3.05) is 5.73 Å². The van der Waals surface area contributed by atoms with Gasteiger partial charge in [0.25, 0.3) is 0 Å². The first kappa shape index (κ1) is 11.7. The molecule has 1 heterocycles. The van der Waals surface area contributed by atoms with Gasteiger partial charge in [-0.1, -0.05) is 34.1 Å². The zero-order valence-corrected chi connectivity index (χ0v) is 10.4. The molecule has 1 aromatic heterocycles. The van der Waals surface area contributed by atoms with Crippen LogP contribution in [0.25, 0.3) is 0 Å². The second-order valence-corrected chi connectivity index (χ2v) is 4.23. The van der Waals surface area contributed by atoms with Crippen LogP contribution < -0.4 is 5.73 Å². The third-order valence-corrected chi connectivity index (χ3v) is 2.91. The molecule has 1 aromatic carbocycles. The van der Waals surface area contributed by atoms with Crippen LogP contribution in [0.1, 0.15) is 16.1 Å². The molecule has 0 amide bonds. The minimum Gasteiger partial charge on any atom is -0.456 e. The van der Waals surface area contributed by atoms with Crippen molar-refractivity contribution in [3.8, 4) is 0 Å². The number of nitrogens with one attached hydrogen (secondary N) is 1. The van der Waals surface area contributed by atoms with Crippen molar-refractivity contribution in [3.63, 3.8) is 0 Å². The Morgan fingerprint density at radius 2 is 2.24 bits per heavy atom. The number of anilines is 1. The molecule has 0 bridgehead atoms. The van der Waals surface area contributed by atoms with Gasteiger partial charge in [-0.15, -0.1) is 0 Å². The smallest absolute Gasteiger partial charge is 0.356 e. The van der Waals surface area contributed by atoms with Crippen molar-refractivity contribution in [1.29, 1.82) is 0 Å². The molecule has 17 heavy (non-hydrogen) atoms. The molecule has 88 valence electrons. The van der Waals surface area contributed by atoms with Gasteiger partial charge in [0.2, 0.25) is 0 Å². The Hall–Kier alpha value is -1.82. The molecule has 2 rings (SSSR count). The van der Waals surface area contributed by atoms with E-state index in [0.29, 0.717) is 0 Å². The number of nitrogen functional groups attached to an aromatic ring is 1. The predicted octanol–water partition coefficient (Wildman–Crippen LogP) is 2.11. The number of esters is 1. The van der Waals surface area contributed by atoms with E-state index in [-0.39, 0.29) is 18.1 Å². The third-order valence-electron chi connectivity index (χ3n) is 2.13. The van der Waals surface area contributed by atoms with E-state index in [1.807, 2.05) is 24.3 Å². The van der Waals surface area contributed by atoms with Gasteiger partial charge in [-0.2, -0.15) is 5.10 Å². The first-order chi connectivity index (χ1) is 8.16. The van der Waals surface area contributed by atoms with Crippen molar-refractivity contribution in [3.05, 3.63) is 46.1 Å². The number of aromatic amines is 1. The molecule has 5 nitrogen and oxygen atoms in total. The first-order valence-corrected chi connectivity index (χ1v) is 5.67. The van der Waals surface area contributed by atoms with Crippen LogP contribution >= 0.6 is 15.9 Å². The van der Waals surface area contributed by atoms with Gasteiger partial charge in [-0.3, -0.25) is 5.10 Å². The van der Waals surface area contributed by atoms with Crippen LogP contribution in [0.5, 0.6) is 0 Å². The highest BCUT2D eigenvalue weighted by Gasteiger charge is 2.10. The number of rotatable bonds is 3. The summed E-state index contributed by atoms with van der Waals surface area (Å²) in [6.45, 7) is 0.194. The van der Waals surface area contributed by atoms with E-state index in [1.165, 1.54) is 6.07 Å². The lowest BCUT2D eigenvalue weighted by Gasteiger charge is -2.04. The lowest BCUT2D eigenvalue weighted by atomic mass is 10.2. The number of benzene rings is 1. The Labute approximate surface area is 106 Å². The Kier molecular flexibility index (Phi) is 3.43. The average Bonchev–Trinajstić information content (AvgIpc) is 2.74. The Morgan fingerprint density at radius 3 is 2.88 bits per heavy atom. The number of hydrogen-bond donors (Lipinski definition) is 2. The largest absolute Gasteiger partial charge is 0.456 e. The van der Waals surface area contributed by atoms with E-state index in [2.05, 4.69) is 26.1 Å². The fourth-order valence-corrected chi connectivity index (χ4v) is 1.68. The van der Waals surface area contributed by atoms with Crippen molar-refractivity contribution in [1.82, 2.24) is 10.2 Å². The molecule has 0 aliphatic rings. The summed E-state index contributed by atoms with van der Waals surface area (Å²) in [6.07, 6.45) is 0. The van der Waals surface area contributed by atoms with Crippen molar-refractivity contribution in [2.45, 2.75) is 6.61 Å². The van der Waals surface area contributed by atoms with Gasteiger partial charge < -0.3 is 10.5 Å². The standard InChI is InChI=1S/C11H10BrN3O2/c12-8-4-2-1-3-7(8)6-17-11(16)9-5-10(13)15-14-9/h1-5H,6H2,(H3,13,14,15). The normalized spacial score (nSPS) is 10.2. The van der Waals surface area contributed by atoms with E-state index in [1.54, 1.807) is 0 Å². The highest BCUT2D eigenvalue weighted by molar-refractivity contribution is 9.10. The van der Waals surface area contributed by atoms with E-state index in [4.69, 9.17) is 10.5 Å². The number of halogens is 1. The average molecular weight is 296 g/mol. The summed E-state index contributed by atoms with van der Waals surface area (Å²) >= 11 is 3.38. The molecule has 2 aromatic rings. The zero-order chi connectivity index (χ0) is 12.3. The molecule has 3 N–H and O–H groups in total. The first-order valence-electron chi connectivity index (χ1n) is 4.88. The molecule has 0 aliphatic heterocycles. The molecule has 0 atom stereocenters. The minimum atomic E-state index is -0.482. The van der Waals surface area contributed by atoms with Gasteiger partial charge in [-0.25, -0.2) is 4.79 Å². The van der Waals surface area contributed by atoms with E-state index in [0.717, 1.165) is 10.0 Å². The lowest BCUT2D eigenvalue weighted by molar-refractivity contribution is 0.0465. The summed E-state index contributed by atoms with van der Waals surface area (Å²) in [4.78, 5) is 11.6. The summed E-state index contributed by atoms with van der Waals surface area (Å²) < 4.78 is 6.01. The van der Waals surface area contributed by atoms with Gasteiger partial charge in [0.05, 0.1) is 0 Å². The van der Waals surface area contributed by atoms with Crippen LogP contribution in [-0.2, 0) is 11.3 Å². The Balaban J connectivity index is 1.99. The highest BCUT2D eigenvalue weighted by Crippen LogP contribution is 2.17. The topological polar surface area (TPSA) is 81.0 Å². The van der Waals surface area contributed by atoms with Gasteiger partial charge in [0, 0.05) is 16.1 Å². The number of nitrogens with two attached hydrogens (primary N) is 1. The highest BCUT2D eigenvalue weighted by atomic mass is 79.9. The molecule has 0 radical (unpaired) electrons. The van der Waals surface area contributed by atoms with E-state index < -0.39 is 5.97 Å². The Bertz CT molecular complexity index is 539. The summed E-state index contributed by atoms with van der Waals surface area (Å²) in [5.74, 6) is -0.220. The monoisotopic (exact) mass is 295 g/mol. The molecular formula is C11H10BrN3O2. The van der Waals surface area contributed by atoms with Gasteiger partial charge in [0.1, 0.15) is 18.1 Å². The molecule has 0 saturated carbocycles. The molecule has 0 fully saturated rings. The van der Waals surface area contributed by atoms with Crippen molar-refractivity contribution >= 4 is 27.7 Å². The van der Waals surface area contributed by atoms with Crippen LogP contribution in [-0.4, -0.2) is 16.2 Å². The molecule has 0 saturated heterocycles. The number of aromatic nitrogens is 2. The maximum Gasteiger partial charge on any atom is 0.356 e. The van der Waals surface area contributed by atoms with Gasteiger partial charge >= 0.3 is 5.97 Å². The summed E-state index contributed by atoms with van der Waals surface area (Å²) in [5.41, 5.74) is 6.53.